The van der Waals surface area contributed by atoms with Gasteiger partial charge in [0.2, 0.25) is 0 Å². The molecule has 0 spiro atoms. The van der Waals surface area contributed by atoms with Crippen molar-refractivity contribution in [2.75, 3.05) is 11.4 Å². The Bertz CT molecular complexity index is 379. The zero-order valence-electron chi connectivity index (χ0n) is 11.4. The van der Waals surface area contributed by atoms with Crippen molar-refractivity contribution < 1.29 is 0 Å². The Kier molecular flexibility index (Phi) is 5.19. The number of hydrogen-bond donors (Lipinski definition) is 0. The maximum atomic E-state index is 6.17. The first kappa shape index (κ1) is 14.2. The molecule has 0 saturated heterocycles. The van der Waals surface area contributed by atoms with Crippen LogP contribution in [0.2, 0.25) is 5.15 Å². The van der Waals surface area contributed by atoms with Gasteiger partial charge in [-0.25, -0.2) is 9.97 Å². The number of anilines is 1. The highest BCUT2D eigenvalue weighted by molar-refractivity contribution is 6.30. The summed E-state index contributed by atoms with van der Waals surface area (Å²) in [6, 6.07) is 0.467. The zero-order valence-corrected chi connectivity index (χ0v) is 12.2. The largest absolute Gasteiger partial charge is 0.354 e. The third kappa shape index (κ3) is 3.09. The molecule has 0 amide bonds. The van der Waals surface area contributed by atoms with Gasteiger partial charge in [-0.1, -0.05) is 25.4 Å². The van der Waals surface area contributed by atoms with Gasteiger partial charge >= 0.3 is 0 Å². The molecule has 0 bridgehead atoms. The topological polar surface area (TPSA) is 29.0 Å². The van der Waals surface area contributed by atoms with Crippen LogP contribution in [0.5, 0.6) is 0 Å². The van der Waals surface area contributed by atoms with Crippen LogP contribution in [0.4, 0.5) is 5.82 Å². The van der Waals surface area contributed by atoms with E-state index in [-0.39, 0.29) is 0 Å². The molecule has 0 aliphatic carbocycles. The Morgan fingerprint density at radius 1 is 1.24 bits per heavy atom. The lowest BCUT2D eigenvalue weighted by Gasteiger charge is -2.30. The van der Waals surface area contributed by atoms with Gasteiger partial charge in [0.1, 0.15) is 16.8 Å². The predicted octanol–water partition coefficient (Wildman–Crippen LogP) is 3.63. The van der Waals surface area contributed by atoms with E-state index in [4.69, 9.17) is 11.6 Å². The maximum absolute atomic E-state index is 6.17. The molecule has 0 aliphatic rings. The fraction of sp³-hybridized carbons (Fsp3) is 0.692. The first-order valence-corrected chi connectivity index (χ1v) is 6.72. The predicted molar refractivity (Wildman–Crippen MR) is 73.9 cm³/mol. The van der Waals surface area contributed by atoms with E-state index in [2.05, 4.69) is 35.6 Å². The van der Waals surface area contributed by atoms with Crippen molar-refractivity contribution in [1.29, 1.82) is 0 Å². The molecular weight excluding hydrogens is 234 g/mol. The Balaban J connectivity index is 3.22. The molecule has 0 fully saturated rings. The highest BCUT2D eigenvalue weighted by atomic mass is 35.5. The van der Waals surface area contributed by atoms with Crippen molar-refractivity contribution in [3.63, 3.8) is 0 Å². The highest BCUT2D eigenvalue weighted by Gasteiger charge is 2.17. The number of aromatic nitrogens is 2. The van der Waals surface area contributed by atoms with Crippen molar-refractivity contribution in [1.82, 2.24) is 9.97 Å². The molecule has 1 unspecified atom stereocenters. The lowest BCUT2D eigenvalue weighted by Crippen LogP contribution is -2.34. The average molecular weight is 256 g/mol. The van der Waals surface area contributed by atoms with Gasteiger partial charge in [-0.3, -0.25) is 0 Å². The second-order valence-electron chi connectivity index (χ2n) is 4.28. The number of hydrogen-bond acceptors (Lipinski definition) is 3. The maximum Gasteiger partial charge on any atom is 0.137 e. The summed E-state index contributed by atoms with van der Waals surface area (Å²) >= 11 is 6.17. The molecule has 1 aromatic rings. The molecule has 0 aliphatic heterocycles. The van der Waals surface area contributed by atoms with E-state index in [0.29, 0.717) is 11.2 Å². The van der Waals surface area contributed by atoms with E-state index in [9.17, 15) is 0 Å². The van der Waals surface area contributed by atoms with E-state index in [0.717, 1.165) is 36.6 Å². The quantitative estimate of drug-likeness (QED) is 0.753. The average Bonchev–Trinajstić information content (AvgIpc) is 2.34. The summed E-state index contributed by atoms with van der Waals surface area (Å²) in [4.78, 5) is 11.2. The lowest BCUT2D eigenvalue weighted by molar-refractivity contribution is 0.618. The van der Waals surface area contributed by atoms with Gasteiger partial charge in [0.25, 0.3) is 0 Å². The second-order valence-corrected chi connectivity index (χ2v) is 4.63. The van der Waals surface area contributed by atoms with Crippen LogP contribution < -0.4 is 4.90 Å². The van der Waals surface area contributed by atoms with E-state index in [1.165, 1.54) is 0 Å². The summed E-state index contributed by atoms with van der Waals surface area (Å²) in [6.07, 6.45) is 1.90. The van der Waals surface area contributed by atoms with Crippen molar-refractivity contribution in [3.05, 3.63) is 16.5 Å². The molecule has 0 saturated carbocycles. The van der Waals surface area contributed by atoms with Crippen LogP contribution >= 0.6 is 11.6 Å². The van der Waals surface area contributed by atoms with E-state index in [1.54, 1.807) is 0 Å². The Morgan fingerprint density at radius 2 is 1.88 bits per heavy atom. The summed E-state index contributed by atoms with van der Waals surface area (Å²) < 4.78 is 0. The molecular formula is C13H22ClN3. The molecule has 0 radical (unpaired) electrons. The third-order valence-corrected chi connectivity index (χ3v) is 3.53. The molecule has 4 heteroatoms. The SMILES string of the molecule is CCc1nc(Cl)c(C)c(N(CC)C(C)CC)n1. The normalized spacial score (nSPS) is 12.6. The first-order chi connectivity index (χ1) is 8.04. The van der Waals surface area contributed by atoms with Gasteiger partial charge < -0.3 is 4.90 Å². The molecule has 1 rings (SSSR count). The molecule has 0 N–H and O–H groups in total. The van der Waals surface area contributed by atoms with Crippen LogP contribution in [0.25, 0.3) is 0 Å². The molecule has 96 valence electrons. The Morgan fingerprint density at radius 3 is 2.35 bits per heavy atom. The molecule has 1 heterocycles. The first-order valence-electron chi connectivity index (χ1n) is 6.34. The number of rotatable bonds is 5. The number of aryl methyl sites for hydroxylation is 1. The van der Waals surface area contributed by atoms with Crippen LogP contribution in [0.15, 0.2) is 0 Å². The van der Waals surface area contributed by atoms with Crippen molar-refractivity contribution in [3.8, 4) is 0 Å². The third-order valence-electron chi connectivity index (χ3n) is 3.16. The lowest BCUT2D eigenvalue weighted by atomic mass is 10.2. The van der Waals surface area contributed by atoms with Gasteiger partial charge in [-0.05, 0) is 27.2 Å². The van der Waals surface area contributed by atoms with Crippen LogP contribution in [-0.4, -0.2) is 22.6 Å². The minimum atomic E-state index is 0.467. The Labute approximate surface area is 109 Å². The molecule has 0 aromatic carbocycles. The molecule has 1 atom stereocenters. The van der Waals surface area contributed by atoms with Gasteiger partial charge in [-0.15, -0.1) is 0 Å². The smallest absolute Gasteiger partial charge is 0.137 e. The van der Waals surface area contributed by atoms with Crippen molar-refractivity contribution in [2.24, 2.45) is 0 Å². The van der Waals surface area contributed by atoms with E-state index >= 15 is 0 Å². The van der Waals surface area contributed by atoms with Crippen molar-refractivity contribution in [2.45, 2.75) is 53.5 Å². The monoisotopic (exact) mass is 255 g/mol. The Hall–Kier alpha value is -0.830. The summed E-state index contributed by atoms with van der Waals surface area (Å²) in [7, 11) is 0. The zero-order chi connectivity index (χ0) is 13.0. The van der Waals surface area contributed by atoms with Gasteiger partial charge in [0, 0.05) is 24.6 Å². The van der Waals surface area contributed by atoms with Crippen LogP contribution in [0.1, 0.15) is 45.5 Å². The summed E-state index contributed by atoms with van der Waals surface area (Å²) in [5.74, 6) is 1.80. The summed E-state index contributed by atoms with van der Waals surface area (Å²) in [5.41, 5.74) is 0.978. The van der Waals surface area contributed by atoms with Gasteiger partial charge in [-0.2, -0.15) is 0 Å². The number of halogens is 1. The second kappa shape index (κ2) is 6.20. The summed E-state index contributed by atoms with van der Waals surface area (Å²) in [5, 5.41) is 0.577. The van der Waals surface area contributed by atoms with Crippen LogP contribution in [0, 0.1) is 6.92 Å². The fourth-order valence-corrected chi connectivity index (χ4v) is 2.03. The minimum Gasteiger partial charge on any atom is -0.354 e. The van der Waals surface area contributed by atoms with Crippen molar-refractivity contribution >= 4 is 17.4 Å². The molecule has 1 aromatic heterocycles. The minimum absolute atomic E-state index is 0.467. The van der Waals surface area contributed by atoms with Gasteiger partial charge in [0.05, 0.1) is 0 Å². The van der Waals surface area contributed by atoms with Gasteiger partial charge in [0.15, 0.2) is 0 Å². The van der Waals surface area contributed by atoms with E-state index < -0.39 is 0 Å². The molecule has 17 heavy (non-hydrogen) atoms. The number of nitrogens with zero attached hydrogens (tertiary/aromatic N) is 3. The fourth-order valence-electron chi connectivity index (χ4n) is 1.85. The van der Waals surface area contributed by atoms with Crippen LogP contribution in [-0.2, 0) is 6.42 Å². The van der Waals surface area contributed by atoms with Crippen LogP contribution in [0.3, 0.4) is 0 Å². The standard InChI is InChI=1S/C13H22ClN3/c1-6-9(4)17(8-3)13-10(5)12(14)15-11(7-2)16-13/h9H,6-8H2,1-5H3. The molecule has 3 nitrogen and oxygen atoms in total. The highest BCUT2D eigenvalue weighted by Crippen LogP contribution is 2.25. The van der Waals surface area contributed by atoms with E-state index in [1.807, 2.05) is 13.8 Å². The summed E-state index contributed by atoms with van der Waals surface area (Å²) in [6.45, 7) is 11.5.